The molecule has 224 valence electrons. The second-order valence-corrected chi connectivity index (χ2v) is 11.6. The fourth-order valence-corrected chi connectivity index (χ4v) is 5.78. The standard InChI is InChI=1S/C31H59N3O3.ClH/c1-3-4-5-6-7-8-9-10-11-12-13-14-15-16-17-21-30(35)34-23-19-18-20-29(34)22-28-37-31(36)33-26-24-32(2)25-27-33;/h29H,3-28H2,1-2H3;1H. The predicted molar refractivity (Wildman–Crippen MR) is 161 cm³/mol. The number of hydrogen-bond acceptors (Lipinski definition) is 4. The second-order valence-electron chi connectivity index (χ2n) is 11.6. The topological polar surface area (TPSA) is 53.1 Å². The van der Waals surface area contributed by atoms with E-state index in [-0.39, 0.29) is 24.5 Å². The number of carbonyl (C=O) groups is 2. The first-order valence-electron chi connectivity index (χ1n) is 16.0. The van der Waals surface area contributed by atoms with Gasteiger partial charge in [0.1, 0.15) is 0 Å². The van der Waals surface area contributed by atoms with E-state index in [9.17, 15) is 9.59 Å². The Morgan fingerprint density at radius 2 is 1.24 bits per heavy atom. The van der Waals surface area contributed by atoms with E-state index in [1.807, 2.05) is 0 Å². The van der Waals surface area contributed by atoms with E-state index >= 15 is 0 Å². The summed E-state index contributed by atoms with van der Waals surface area (Å²) in [5.41, 5.74) is 0. The highest BCUT2D eigenvalue weighted by Crippen LogP contribution is 2.22. The lowest BCUT2D eigenvalue weighted by atomic mass is 9.98. The van der Waals surface area contributed by atoms with Gasteiger partial charge in [-0.2, -0.15) is 0 Å². The van der Waals surface area contributed by atoms with Crippen LogP contribution in [0.15, 0.2) is 0 Å². The number of piperazine rings is 1. The normalized spacial score (nSPS) is 18.3. The minimum Gasteiger partial charge on any atom is -0.449 e. The van der Waals surface area contributed by atoms with Crippen LogP contribution in [0.2, 0.25) is 0 Å². The van der Waals surface area contributed by atoms with Crippen LogP contribution in [0.3, 0.4) is 0 Å². The summed E-state index contributed by atoms with van der Waals surface area (Å²) in [6, 6.07) is 0.234. The summed E-state index contributed by atoms with van der Waals surface area (Å²) in [4.78, 5) is 31.4. The van der Waals surface area contributed by atoms with Crippen molar-refractivity contribution in [3.05, 3.63) is 0 Å². The number of likely N-dealkylation sites (N-methyl/N-ethyl adjacent to an activating group) is 1. The van der Waals surface area contributed by atoms with Gasteiger partial charge >= 0.3 is 6.09 Å². The van der Waals surface area contributed by atoms with E-state index in [0.29, 0.717) is 18.9 Å². The minimum absolute atomic E-state index is 0. The van der Waals surface area contributed by atoms with Gasteiger partial charge in [-0.05, 0) is 32.7 Å². The number of nitrogens with zero attached hydrogens (tertiary/aromatic N) is 3. The van der Waals surface area contributed by atoms with Crippen LogP contribution in [0.4, 0.5) is 4.79 Å². The molecule has 0 saturated carbocycles. The maximum atomic E-state index is 12.9. The first-order chi connectivity index (χ1) is 18.1. The van der Waals surface area contributed by atoms with E-state index in [1.54, 1.807) is 4.90 Å². The summed E-state index contributed by atoms with van der Waals surface area (Å²) in [6.45, 7) is 6.85. The van der Waals surface area contributed by atoms with Crippen molar-refractivity contribution in [2.24, 2.45) is 0 Å². The third-order valence-corrected chi connectivity index (χ3v) is 8.38. The SMILES string of the molecule is CCCCCCCCCCCCCCCCCC(=O)N1CCCCC1CCOC(=O)N1CCN(C)CC1.Cl. The molecule has 2 aliphatic rings. The Bertz CT molecular complexity index is 599. The van der Waals surface area contributed by atoms with Crippen LogP contribution in [0.5, 0.6) is 0 Å². The first kappa shape index (κ1) is 35.0. The zero-order valence-electron chi connectivity index (χ0n) is 24.9. The molecular weight excluding hydrogens is 498 g/mol. The van der Waals surface area contributed by atoms with Gasteiger partial charge in [0.15, 0.2) is 0 Å². The monoisotopic (exact) mass is 557 g/mol. The quantitative estimate of drug-likeness (QED) is 0.152. The van der Waals surface area contributed by atoms with Crippen LogP contribution < -0.4 is 0 Å². The van der Waals surface area contributed by atoms with Gasteiger partial charge in [0.2, 0.25) is 5.91 Å². The third kappa shape index (κ3) is 15.5. The van der Waals surface area contributed by atoms with Gasteiger partial charge in [0.25, 0.3) is 0 Å². The molecule has 2 saturated heterocycles. The number of ether oxygens (including phenoxy) is 1. The highest BCUT2D eigenvalue weighted by atomic mass is 35.5. The summed E-state index contributed by atoms with van der Waals surface area (Å²) in [7, 11) is 2.08. The Morgan fingerprint density at radius 1 is 0.711 bits per heavy atom. The Balaban J connectivity index is 0.00000722. The average molecular weight is 558 g/mol. The molecular formula is C31H60ClN3O3. The maximum absolute atomic E-state index is 12.9. The molecule has 2 aliphatic heterocycles. The summed E-state index contributed by atoms with van der Waals surface area (Å²) in [5, 5.41) is 0. The van der Waals surface area contributed by atoms with Gasteiger partial charge < -0.3 is 19.4 Å². The molecule has 0 bridgehead atoms. The van der Waals surface area contributed by atoms with Crippen molar-refractivity contribution in [2.45, 2.75) is 141 Å². The summed E-state index contributed by atoms with van der Waals surface area (Å²) >= 11 is 0. The molecule has 0 spiro atoms. The van der Waals surface area contributed by atoms with E-state index in [0.717, 1.165) is 58.4 Å². The van der Waals surface area contributed by atoms with Crippen LogP contribution in [0.1, 0.15) is 135 Å². The lowest BCUT2D eigenvalue weighted by Crippen LogP contribution is -2.47. The number of halogens is 1. The van der Waals surface area contributed by atoms with Gasteiger partial charge in [0.05, 0.1) is 6.61 Å². The number of amides is 2. The molecule has 2 rings (SSSR count). The molecule has 2 fully saturated rings. The molecule has 2 heterocycles. The van der Waals surface area contributed by atoms with Crippen molar-refractivity contribution in [1.82, 2.24) is 14.7 Å². The molecule has 0 aromatic heterocycles. The van der Waals surface area contributed by atoms with Crippen molar-refractivity contribution in [2.75, 3.05) is 46.4 Å². The van der Waals surface area contributed by atoms with Crippen molar-refractivity contribution >= 4 is 24.4 Å². The van der Waals surface area contributed by atoms with Gasteiger partial charge in [0, 0.05) is 51.6 Å². The second kappa shape index (κ2) is 22.8. The van der Waals surface area contributed by atoms with Crippen LogP contribution in [0.25, 0.3) is 0 Å². The van der Waals surface area contributed by atoms with E-state index in [1.165, 1.54) is 96.3 Å². The Kier molecular flexibility index (Phi) is 21.0. The number of unbranched alkanes of at least 4 members (excludes halogenated alkanes) is 14. The number of likely N-dealkylation sites (tertiary alicyclic amines) is 1. The summed E-state index contributed by atoms with van der Waals surface area (Å²) in [6.07, 6.45) is 24.7. The fraction of sp³-hybridized carbons (Fsp3) is 0.935. The van der Waals surface area contributed by atoms with E-state index in [4.69, 9.17) is 4.74 Å². The zero-order valence-corrected chi connectivity index (χ0v) is 25.8. The number of hydrogen-bond donors (Lipinski definition) is 0. The molecule has 2 amide bonds. The molecule has 0 radical (unpaired) electrons. The summed E-state index contributed by atoms with van der Waals surface area (Å²) in [5.74, 6) is 0.310. The first-order valence-corrected chi connectivity index (χ1v) is 16.0. The molecule has 0 aromatic rings. The molecule has 6 nitrogen and oxygen atoms in total. The summed E-state index contributed by atoms with van der Waals surface area (Å²) < 4.78 is 5.57. The Labute approximate surface area is 241 Å². The van der Waals surface area contributed by atoms with Crippen molar-refractivity contribution in [3.8, 4) is 0 Å². The molecule has 0 aromatic carbocycles. The third-order valence-electron chi connectivity index (χ3n) is 8.38. The fourth-order valence-electron chi connectivity index (χ4n) is 5.78. The molecule has 0 N–H and O–H groups in total. The minimum atomic E-state index is -0.195. The predicted octanol–water partition coefficient (Wildman–Crippen LogP) is 7.82. The number of piperidine rings is 1. The number of rotatable bonds is 19. The maximum Gasteiger partial charge on any atom is 0.409 e. The average Bonchev–Trinajstić information content (AvgIpc) is 2.91. The van der Waals surface area contributed by atoms with Gasteiger partial charge in [-0.15, -0.1) is 12.4 Å². The van der Waals surface area contributed by atoms with Crippen LogP contribution in [-0.2, 0) is 9.53 Å². The van der Waals surface area contributed by atoms with Crippen LogP contribution in [-0.4, -0.2) is 79.1 Å². The van der Waals surface area contributed by atoms with Crippen LogP contribution in [0, 0.1) is 0 Å². The van der Waals surface area contributed by atoms with Gasteiger partial charge in [-0.3, -0.25) is 4.79 Å². The number of carbonyl (C=O) groups excluding carboxylic acids is 2. The lowest BCUT2D eigenvalue weighted by molar-refractivity contribution is -0.135. The molecule has 1 unspecified atom stereocenters. The van der Waals surface area contributed by atoms with Gasteiger partial charge in [-0.25, -0.2) is 4.79 Å². The molecule has 38 heavy (non-hydrogen) atoms. The highest BCUT2D eigenvalue weighted by molar-refractivity contribution is 5.85. The highest BCUT2D eigenvalue weighted by Gasteiger charge is 2.27. The smallest absolute Gasteiger partial charge is 0.409 e. The Hall–Kier alpha value is -1.01. The molecule has 1 atom stereocenters. The molecule has 7 heteroatoms. The van der Waals surface area contributed by atoms with E-state index in [2.05, 4.69) is 23.8 Å². The van der Waals surface area contributed by atoms with E-state index < -0.39 is 0 Å². The van der Waals surface area contributed by atoms with Crippen LogP contribution >= 0.6 is 12.4 Å². The zero-order chi connectivity index (χ0) is 26.6. The largest absolute Gasteiger partial charge is 0.449 e. The van der Waals surface area contributed by atoms with Crippen molar-refractivity contribution in [3.63, 3.8) is 0 Å². The van der Waals surface area contributed by atoms with Gasteiger partial charge in [-0.1, -0.05) is 96.8 Å². The molecule has 0 aliphatic carbocycles. The lowest BCUT2D eigenvalue weighted by Gasteiger charge is -2.36. The van der Waals surface area contributed by atoms with Crippen molar-refractivity contribution in [1.29, 1.82) is 0 Å². The Morgan fingerprint density at radius 3 is 1.79 bits per heavy atom. The van der Waals surface area contributed by atoms with Crippen molar-refractivity contribution < 1.29 is 14.3 Å².